The van der Waals surface area contributed by atoms with Crippen molar-refractivity contribution < 1.29 is 17.6 Å². The molecule has 1 amide bonds. The maximum absolute atomic E-state index is 14.5. The van der Waals surface area contributed by atoms with Gasteiger partial charge in [-0.2, -0.15) is 5.26 Å². The molecule has 44 heavy (non-hydrogen) atoms. The third-order valence-corrected chi connectivity index (χ3v) is 13.1. The maximum Gasteiger partial charge on any atom is 0.243 e. The average molecular weight is 619 g/mol. The van der Waals surface area contributed by atoms with Gasteiger partial charge in [-0.1, -0.05) is 31.6 Å². The van der Waals surface area contributed by atoms with E-state index >= 15 is 0 Å². The molecule has 234 valence electrons. The number of nitrogens with zero attached hydrogens (tertiary/aromatic N) is 3. The fraction of sp³-hybridized carbons (Fsp3) is 0.543. The molecule has 2 aromatic carbocycles. The highest BCUT2D eigenvalue weighted by Gasteiger charge is 2.52. The van der Waals surface area contributed by atoms with Gasteiger partial charge in [-0.3, -0.25) is 4.79 Å². The van der Waals surface area contributed by atoms with Gasteiger partial charge in [0.05, 0.1) is 21.6 Å². The van der Waals surface area contributed by atoms with Crippen molar-refractivity contribution in [2.75, 3.05) is 37.6 Å². The molecule has 4 fully saturated rings. The van der Waals surface area contributed by atoms with Gasteiger partial charge < -0.3 is 15.1 Å². The lowest BCUT2D eigenvalue weighted by Crippen LogP contribution is -2.55. The Morgan fingerprint density at radius 1 is 1.05 bits per heavy atom. The molecule has 0 bridgehead atoms. The van der Waals surface area contributed by atoms with Crippen LogP contribution in [0, 0.1) is 34.9 Å². The molecule has 2 saturated heterocycles. The molecule has 2 aromatic rings. The summed E-state index contributed by atoms with van der Waals surface area (Å²) in [6.07, 6.45) is 8.04. The number of hydrogen-bond donors (Lipinski definition) is 1. The monoisotopic (exact) mass is 618 g/mol. The van der Waals surface area contributed by atoms with E-state index in [0.717, 1.165) is 95.3 Å². The first kappa shape index (κ1) is 30.8. The van der Waals surface area contributed by atoms with Crippen molar-refractivity contribution in [3.63, 3.8) is 0 Å². The van der Waals surface area contributed by atoms with Gasteiger partial charge in [0.25, 0.3) is 0 Å². The van der Waals surface area contributed by atoms with Crippen LogP contribution in [0.1, 0.15) is 56.9 Å². The third-order valence-electron chi connectivity index (χ3n) is 10.8. The number of carbonyl (C=O) groups excluding carboxylic acids is 1. The van der Waals surface area contributed by atoms with Crippen molar-refractivity contribution in [1.82, 2.24) is 10.2 Å². The van der Waals surface area contributed by atoms with Gasteiger partial charge in [0.2, 0.25) is 5.91 Å². The van der Waals surface area contributed by atoms with Gasteiger partial charge in [0.1, 0.15) is 5.82 Å². The minimum atomic E-state index is -3.20. The molecule has 6 rings (SSSR count). The molecule has 0 aromatic heterocycles. The van der Waals surface area contributed by atoms with E-state index in [4.69, 9.17) is 0 Å². The number of nitriles is 1. The van der Waals surface area contributed by atoms with Crippen LogP contribution >= 0.6 is 0 Å². The van der Waals surface area contributed by atoms with E-state index in [-0.39, 0.29) is 34.9 Å². The molecule has 0 radical (unpaired) electrons. The number of anilines is 1. The molecule has 2 aliphatic heterocycles. The average Bonchev–Trinajstić information content (AvgIpc) is 3.43. The lowest BCUT2D eigenvalue weighted by Gasteiger charge is -2.48. The van der Waals surface area contributed by atoms with E-state index < -0.39 is 15.3 Å². The van der Waals surface area contributed by atoms with E-state index in [0.29, 0.717) is 10.8 Å². The van der Waals surface area contributed by atoms with Crippen molar-refractivity contribution in [3.05, 3.63) is 72.6 Å². The number of halogens is 1. The van der Waals surface area contributed by atoms with Crippen LogP contribution in [-0.4, -0.2) is 63.2 Å². The maximum atomic E-state index is 14.5. The normalized spacial score (nSPS) is 25.0. The molecule has 0 unspecified atom stereocenters. The summed E-state index contributed by atoms with van der Waals surface area (Å²) in [6, 6.07) is 16.5. The highest BCUT2D eigenvalue weighted by molar-refractivity contribution is 7.92. The SMILES string of the molecule is C=CC(=O)N[C@H]1CCC[C@@H]1[C@](C#N)(c1cccc(F)c1)C1CCN(CC2CN(c3ccc(S(=O)(=O)C4CCC4)cc3)C2)CC1. The standard InChI is InChI=1S/C35H43FN4O3S/c1-2-34(41)38-33-11-5-10-32(33)35(24-37,27-6-3-7-28(36)20-27)26-16-18-39(19-17-26)21-25-22-40(23-25)29-12-14-31(15-13-29)44(42,43)30-8-4-9-30/h2-3,6-7,12-15,20,25-26,30,32-33H,1,4-5,8-11,16-19,21-23H2,(H,38,41)/t32-,33-,35-/m0/s1. The fourth-order valence-corrected chi connectivity index (χ4v) is 10.1. The second kappa shape index (κ2) is 12.6. The fourth-order valence-electron chi connectivity index (χ4n) is 8.21. The van der Waals surface area contributed by atoms with Crippen LogP contribution in [0.5, 0.6) is 0 Å². The number of piperidine rings is 1. The summed E-state index contributed by atoms with van der Waals surface area (Å²) in [6.45, 7) is 8.22. The number of amides is 1. The van der Waals surface area contributed by atoms with Crippen LogP contribution in [0.3, 0.4) is 0 Å². The van der Waals surface area contributed by atoms with Gasteiger partial charge in [-0.15, -0.1) is 0 Å². The second-order valence-corrected chi connectivity index (χ2v) is 15.5. The summed E-state index contributed by atoms with van der Waals surface area (Å²) < 4.78 is 40.0. The van der Waals surface area contributed by atoms with Crippen molar-refractivity contribution in [3.8, 4) is 6.07 Å². The Morgan fingerprint density at radius 2 is 1.75 bits per heavy atom. The van der Waals surface area contributed by atoms with Crippen LogP contribution in [0.4, 0.5) is 10.1 Å². The number of rotatable bonds is 10. The van der Waals surface area contributed by atoms with Crippen LogP contribution in [0.25, 0.3) is 0 Å². The first-order valence-corrected chi connectivity index (χ1v) is 17.7. The summed E-state index contributed by atoms with van der Waals surface area (Å²) in [5.74, 6) is -0.0722. The Labute approximate surface area is 261 Å². The van der Waals surface area contributed by atoms with E-state index in [2.05, 4.69) is 27.8 Å². The Hall–Kier alpha value is -3.22. The molecule has 2 aliphatic carbocycles. The largest absolute Gasteiger partial charge is 0.371 e. The number of sulfone groups is 1. The smallest absolute Gasteiger partial charge is 0.243 e. The van der Waals surface area contributed by atoms with Crippen LogP contribution < -0.4 is 10.2 Å². The molecular weight excluding hydrogens is 575 g/mol. The molecule has 2 heterocycles. The Bertz CT molecular complexity index is 1510. The summed E-state index contributed by atoms with van der Waals surface area (Å²) in [5, 5.41) is 13.8. The molecule has 4 aliphatic rings. The van der Waals surface area contributed by atoms with Crippen molar-refractivity contribution in [2.24, 2.45) is 17.8 Å². The van der Waals surface area contributed by atoms with Gasteiger partial charge in [-0.05, 0) is 106 Å². The zero-order valence-corrected chi connectivity index (χ0v) is 26.2. The van der Waals surface area contributed by atoms with E-state index in [1.165, 1.54) is 18.2 Å². The Balaban J connectivity index is 1.08. The number of nitrogens with one attached hydrogen (secondary N) is 1. The molecule has 7 nitrogen and oxygen atoms in total. The quantitative estimate of drug-likeness (QED) is 0.367. The predicted molar refractivity (Wildman–Crippen MR) is 169 cm³/mol. The number of carbonyl (C=O) groups is 1. The molecule has 9 heteroatoms. The predicted octanol–water partition coefficient (Wildman–Crippen LogP) is 5.23. The summed E-state index contributed by atoms with van der Waals surface area (Å²) in [5.41, 5.74) is 0.912. The summed E-state index contributed by atoms with van der Waals surface area (Å²) >= 11 is 0. The molecule has 2 saturated carbocycles. The number of hydrogen-bond acceptors (Lipinski definition) is 6. The topological polar surface area (TPSA) is 93.5 Å². The molecule has 3 atom stereocenters. The van der Waals surface area contributed by atoms with Gasteiger partial charge in [-0.25, -0.2) is 12.8 Å². The highest BCUT2D eigenvalue weighted by atomic mass is 32.2. The van der Waals surface area contributed by atoms with E-state index in [9.17, 15) is 22.9 Å². The van der Waals surface area contributed by atoms with Crippen molar-refractivity contribution in [1.29, 1.82) is 5.26 Å². The Kier molecular flexibility index (Phi) is 8.85. The van der Waals surface area contributed by atoms with Crippen molar-refractivity contribution in [2.45, 2.75) is 73.0 Å². The van der Waals surface area contributed by atoms with Crippen LogP contribution in [0.15, 0.2) is 66.1 Å². The lowest BCUT2D eigenvalue weighted by atomic mass is 9.59. The number of benzene rings is 2. The molecule has 1 N–H and O–H groups in total. The second-order valence-electron chi connectivity index (χ2n) is 13.3. The first-order valence-electron chi connectivity index (χ1n) is 16.2. The minimum Gasteiger partial charge on any atom is -0.371 e. The number of likely N-dealkylation sites (tertiary alicyclic amines) is 1. The summed E-state index contributed by atoms with van der Waals surface area (Å²) in [4.78, 5) is 17.5. The lowest BCUT2D eigenvalue weighted by molar-refractivity contribution is -0.117. The van der Waals surface area contributed by atoms with Crippen LogP contribution in [-0.2, 0) is 20.0 Å². The summed E-state index contributed by atoms with van der Waals surface area (Å²) in [7, 11) is -3.20. The third kappa shape index (κ3) is 5.79. The Morgan fingerprint density at radius 3 is 2.36 bits per heavy atom. The van der Waals surface area contributed by atoms with Gasteiger partial charge in [0, 0.05) is 43.2 Å². The van der Waals surface area contributed by atoms with Gasteiger partial charge >= 0.3 is 0 Å². The minimum absolute atomic E-state index is 0.0596. The van der Waals surface area contributed by atoms with Crippen molar-refractivity contribution >= 4 is 21.4 Å². The molecule has 0 spiro atoms. The van der Waals surface area contributed by atoms with E-state index in [1.807, 2.05) is 18.2 Å². The van der Waals surface area contributed by atoms with Crippen LogP contribution in [0.2, 0.25) is 0 Å². The first-order chi connectivity index (χ1) is 21.2. The highest BCUT2D eigenvalue weighted by Crippen LogP contribution is 2.50. The zero-order chi connectivity index (χ0) is 30.9. The van der Waals surface area contributed by atoms with Gasteiger partial charge in [0.15, 0.2) is 9.84 Å². The van der Waals surface area contributed by atoms with E-state index in [1.54, 1.807) is 18.2 Å². The zero-order valence-electron chi connectivity index (χ0n) is 25.3. The molecular formula is C35H43FN4O3S.